The van der Waals surface area contributed by atoms with Gasteiger partial charge in [0.2, 0.25) is 0 Å². The summed E-state index contributed by atoms with van der Waals surface area (Å²) in [6.45, 7) is 5.68. The van der Waals surface area contributed by atoms with E-state index in [1.165, 1.54) is 0 Å². The Kier molecular flexibility index (Phi) is 4.63. The molecule has 2 rings (SSSR count). The summed E-state index contributed by atoms with van der Waals surface area (Å²) in [4.78, 5) is 12.1. The summed E-state index contributed by atoms with van der Waals surface area (Å²) >= 11 is 0. The highest BCUT2D eigenvalue weighted by Gasteiger charge is 2.42. The number of ether oxygens (including phenoxy) is 1. The lowest BCUT2D eigenvalue weighted by Crippen LogP contribution is -2.44. The lowest BCUT2D eigenvalue weighted by molar-refractivity contribution is -0.167. The molecule has 2 aromatic carbocycles. The van der Waals surface area contributed by atoms with E-state index in [2.05, 4.69) is 0 Å². The van der Waals surface area contributed by atoms with E-state index in [0.29, 0.717) is 6.42 Å². The lowest BCUT2D eigenvalue weighted by Gasteiger charge is -2.31. The van der Waals surface area contributed by atoms with Crippen LogP contribution in [-0.4, -0.2) is 23.3 Å². The number of hydrogen-bond donors (Lipinski definition) is 1. The van der Waals surface area contributed by atoms with Gasteiger partial charge >= 0.3 is 5.97 Å². The Morgan fingerprint density at radius 3 is 2.48 bits per heavy atom. The van der Waals surface area contributed by atoms with Crippen molar-refractivity contribution in [2.24, 2.45) is 0 Å². The molecule has 0 radical (unpaired) electrons. The van der Waals surface area contributed by atoms with Crippen molar-refractivity contribution in [1.29, 1.82) is 0 Å². The summed E-state index contributed by atoms with van der Waals surface area (Å²) < 4.78 is 5.04. The van der Waals surface area contributed by atoms with E-state index in [9.17, 15) is 9.90 Å². The molecule has 0 heterocycles. The summed E-state index contributed by atoms with van der Waals surface area (Å²) in [6.07, 6.45) is 0.319. The molecule has 0 amide bonds. The smallest absolute Gasteiger partial charge is 0.338 e. The Labute approximate surface area is 125 Å². The molecule has 2 aromatic rings. The average molecular weight is 286 g/mol. The second-order valence-corrected chi connectivity index (χ2v) is 5.33. The first-order valence-electron chi connectivity index (χ1n) is 7.41. The summed E-state index contributed by atoms with van der Waals surface area (Å²) in [5, 5.41) is 13.0. The first-order chi connectivity index (χ1) is 10.0. The molecule has 0 aliphatic rings. The van der Waals surface area contributed by atoms with Gasteiger partial charge in [-0.3, -0.25) is 0 Å². The number of carbonyl (C=O) groups is 1. The number of carbonyl (C=O) groups excluding carboxylic acids is 1. The maximum atomic E-state index is 12.1. The highest BCUT2D eigenvalue weighted by atomic mass is 16.5. The molecule has 3 nitrogen and oxygen atoms in total. The number of aliphatic hydroxyl groups is 1. The molecule has 0 saturated heterocycles. The summed E-state index contributed by atoms with van der Waals surface area (Å²) in [6, 6.07) is 14.1. The van der Waals surface area contributed by atoms with Crippen LogP contribution in [-0.2, 0) is 9.53 Å². The van der Waals surface area contributed by atoms with Crippen molar-refractivity contribution in [3.05, 3.63) is 48.0 Å². The van der Waals surface area contributed by atoms with Gasteiger partial charge in [-0.25, -0.2) is 4.79 Å². The molecule has 21 heavy (non-hydrogen) atoms. The van der Waals surface area contributed by atoms with Gasteiger partial charge in [-0.05, 0) is 29.7 Å². The minimum Gasteiger partial charge on any atom is -0.464 e. The topological polar surface area (TPSA) is 46.5 Å². The second kappa shape index (κ2) is 6.27. The first-order valence-corrected chi connectivity index (χ1v) is 7.41. The zero-order valence-electron chi connectivity index (χ0n) is 12.8. The van der Waals surface area contributed by atoms with Gasteiger partial charge in [0.15, 0.2) is 5.60 Å². The first kappa shape index (κ1) is 15.5. The van der Waals surface area contributed by atoms with Gasteiger partial charge < -0.3 is 9.84 Å². The Morgan fingerprint density at radius 1 is 1.19 bits per heavy atom. The number of benzene rings is 2. The fourth-order valence-electron chi connectivity index (χ4n) is 2.64. The standard InChI is InChI=1S/C18H22O3/c1-4-18(20,17(19)21-5-2)13(3)15-11-10-14-8-6-7-9-16(14)12-15/h6-13,20H,4-5H2,1-3H3. The third-order valence-corrected chi connectivity index (χ3v) is 4.16. The van der Waals surface area contributed by atoms with Gasteiger partial charge in [0.05, 0.1) is 6.61 Å². The SMILES string of the molecule is CCOC(=O)C(O)(CC)C(C)c1ccc2ccccc2c1. The zero-order chi connectivity index (χ0) is 15.5. The van der Waals surface area contributed by atoms with E-state index in [1.54, 1.807) is 13.8 Å². The van der Waals surface area contributed by atoms with Crippen molar-refractivity contribution in [3.8, 4) is 0 Å². The minimum absolute atomic E-state index is 0.269. The fourth-order valence-corrected chi connectivity index (χ4v) is 2.64. The van der Waals surface area contributed by atoms with Gasteiger partial charge in [0, 0.05) is 5.92 Å². The van der Waals surface area contributed by atoms with Crippen LogP contribution in [0.2, 0.25) is 0 Å². The van der Waals surface area contributed by atoms with E-state index >= 15 is 0 Å². The Balaban J connectivity index is 2.39. The Hall–Kier alpha value is -1.87. The van der Waals surface area contributed by atoms with Crippen LogP contribution in [0.25, 0.3) is 10.8 Å². The van der Waals surface area contributed by atoms with Crippen LogP contribution in [0.15, 0.2) is 42.5 Å². The molecule has 0 aromatic heterocycles. The molecule has 0 bridgehead atoms. The van der Waals surface area contributed by atoms with Crippen molar-refractivity contribution >= 4 is 16.7 Å². The Bertz CT molecular complexity index is 635. The molecule has 0 spiro atoms. The summed E-state index contributed by atoms with van der Waals surface area (Å²) in [5.74, 6) is -0.876. The van der Waals surface area contributed by atoms with Crippen LogP contribution in [0.4, 0.5) is 0 Å². The monoisotopic (exact) mass is 286 g/mol. The molecule has 112 valence electrons. The van der Waals surface area contributed by atoms with Crippen LogP contribution >= 0.6 is 0 Å². The van der Waals surface area contributed by atoms with Crippen molar-refractivity contribution in [1.82, 2.24) is 0 Å². The van der Waals surface area contributed by atoms with Crippen molar-refractivity contribution in [3.63, 3.8) is 0 Å². The van der Waals surface area contributed by atoms with Gasteiger partial charge in [-0.15, -0.1) is 0 Å². The van der Waals surface area contributed by atoms with Gasteiger partial charge in [0.1, 0.15) is 0 Å². The lowest BCUT2D eigenvalue weighted by atomic mass is 9.81. The van der Waals surface area contributed by atoms with Gasteiger partial charge in [-0.1, -0.05) is 56.3 Å². The van der Waals surface area contributed by atoms with Crippen LogP contribution in [0.3, 0.4) is 0 Å². The highest BCUT2D eigenvalue weighted by Crippen LogP contribution is 2.33. The number of fused-ring (bicyclic) bond motifs is 1. The van der Waals surface area contributed by atoms with E-state index in [1.807, 2.05) is 49.4 Å². The molecule has 2 unspecified atom stereocenters. The van der Waals surface area contributed by atoms with E-state index in [4.69, 9.17) is 4.74 Å². The van der Waals surface area contributed by atoms with Crippen molar-refractivity contribution in [2.75, 3.05) is 6.61 Å². The van der Waals surface area contributed by atoms with Gasteiger partial charge in [0.25, 0.3) is 0 Å². The normalized spacial score (nSPS) is 15.4. The second-order valence-electron chi connectivity index (χ2n) is 5.33. The van der Waals surface area contributed by atoms with Crippen LogP contribution in [0, 0.1) is 0 Å². The number of hydrogen-bond acceptors (Lipinski definition) is 3. The zero-order valence-corrected chi connectivity index (χ0v) is 12.8. The third kappa shape index (κ3) is 2.93. The molecule has 3 heteroatoms. The molecular formula is C18H22O3. The summed E-state index contributed by atoms with van der Waals surface area (Å²) in [7, 11) is 0. The average Bonchev–Trinajstić information content (AvgIpc) is 2.53. The maximum Gasteiger partial charge on any atom is 0.338 e. The fraction of sp³-hybridized carbons (Fsp3) is 0.389. The van der Waals surface area contributed by atoms with E-state index in [0.717, 1.165) is 16.3 Å². The van der Waals surface area contributed by atoms with Crippen molar-refractivity contribution < 1.29 is 14.6 Å². The van der Waals surface area contributed by atoms with Crippen LogP contribution in [0.5, 0.6) is 0 Å². The van der Waals surface area contributed by atoms with E-state index in [-0.39, 0.29) is 12.5 Å². The van der Waals surface area contributed by atoms with E-state index < -0.39 is 11.6 Å². The molecular weight excluding hydrogens is 264 g/mol. The highest BCUT2D eigenvalue weighted by molar-refractivity contribution is 5.84. The number of esters is 1. The molecule has 0 aliphatic carbocycles. The molecule has 0 aliphatic heterocycles. The maximum absolute atomic E-state index is 12.1. The summed E-state index contributed by atoms with van der Waals surface area (Å²) in [5.41, 5.74) is -0.551. The van der Waals surface area contributed by atoms with Crippen LogP contribution < -0.4 is 0 Å². The van der Waals surface area contributed by atoms with Gasteiger partial charge in [-0.2, -0.15) is 0 Å². The number of rotatable bonds is 5. The molecule has 0 saturated carbocycles. The largest absolute Gasteiger partial charge is 0.464 e. The molecule has 2 atom stereocenters. The molecule has 1 N–H and O–H groups in total. The molecule has 0 fully saturated rings. The van der Waals surface area contributed by atoms with Crippen LogP contribution in [0.1, 0.15) is 38.7 Å². The predicted molar refractivity (Wildman–Crippen MR) is 84.2 cm³/mol. The van der Waals surface area contributed by atoms with Crippen molar-refractivity contribution in [2.45, 2.75) is 38.7 Å². The quantitative estimate of drug-likeness (QED) is 0.853. The third-order valence-electron chi connectivity index (χ3n) is 4.16. The minimum atomic E-state index is -1.49. The predicted octanol–water partition coefficient (Wildman–Crippen LogP) is 3.65. The Morgan fingerprint density at radius 2 is 1.86 bits per heavy atom.